The molecular formula is C12H15FN2O2. The van der Waals surface area contributed by atoms with Crippen LogP contribution in [0.15, 0.2) is 18.2 Å². The van der Waals surface area contributed by atoms with E-state index in [1.165, 1.54) is 12.1 Å². The molecule has 92 valence electrons. The van der Waals surface area contributed by atoms with Gasteiger partial charge in [0.25, 0.3) is 5.91 Å². The molecule has 1 aromatic carbocycles. The second kappa shape index (κ2) is 5.14. The SMILES string of the molecule is O=C(NC1CCCNC1)c1c(O)cccc1F. The van der Waals surface area contributed by atoms with Gasteiger partial charge in [-0.25, -0.2) is 4.39 Å². The summed E-state index contributed by atoms with van der Waals surface area (Å²) in [7, 11) is 0. The van der Waals surface area contributed by atoms with E-state index < -0.39 is 11.7 Å². The molecule has 1 fully saturated rings. The maximum atomic E-state index is 13.4. The third-order valence-corrected chi connectivity index (χ3v) is 2.85. The summed E-state index contributed by atoms with van der Waals surface area (Å²) in [5.74, 6) is -1.59. The summed E-state index contributed by atoms with van der Waals surface area (Å²) in [5.41, 5.74) is -0.280. The lowest BCUT2D eigenvalue weighted by atomic mass is 10.1. The molecule has 1 unspecified atom stereocenters. The number of halogens is 1. The second-order valence-corrected chi connectivity index (χ2v) is 4.15. The van der Waals surface area contributed by atoms with Crippen LogP contribution in [0, 0.1) is 5.82 Å². The van der Waals surface area contributed by atoms with Crippen molar-refractivity contribution < 1.29 is 14.3 Å². The Morgan fingerprint density at radius 3 is 3.00 bits per heavy atom. The number of amides is 1. The van der Waals surface area contributed by atoms with Gasteiger partial charge in [-0.05, 0) is 31.5 Å². The van der Waals surface area contributed by atoms with E-state index in [9.17, 15) is 14.3 Å². The predicted molar refractivity (Wildman–Crippen MR) is 61.4 cm³/mol. The molecule has 1 aliphatic rings. The van der Waals surface area contributed by atoms with E-state index in [4.69, 9.17) is 0 Å². The molecule has 1 aromatic rings. The number of aromatic hydroxyl groups is 1. The average Bonchev–Trinajstić information content (AvgIpc) is 2.30. The van der Waals surface area contributed by atoms with Gasteiger partial charge in [0.05, 0.1) is 0 Å². The van der Waals surface area contributed by atoms with Crippen LogP contribution in [-0.2, 0) is 0 Å². The van der Waals surface area contributed by atoms with Crippen LogP contribution < -0.4 is 10.6 Å². The highest BCUT2D eigenvalue weighted by molar-refractivity contribution is 5.97. The molecule has 1 aliphatic heterocycles. The van der Waals surface area contributed by atoms with Crippen molar-refractivity contribution >= 4 is 5.91 Å². The maximum Gasteiger partial charge on any atom is 0.258 e. The minimum absolute atomic E-state index is 0.00439. The molecule has 3 N–H and O–H groups in total. The number of carbonyl (C=O) groups excluding carboxylic acids is 1. The van der Waals surface area contributed by atoms with Crippen LogP contribution in [0.5, 0.6) is 5.75 Å². The molecule has 0 spiro atoms. The van der Waals surface area contributed by atoms with Gasteiger partial charge in [0, 0.05) is 12.6 Å². The average molecular weight is 238 g/mol. The Morgan fingerprint density at radius 2 is 2.35 bits per heavy atom. The maximum absolute atomic E-state index is 13.4. The Balaban J connectivity index is 2.08. The number of hydrogen-bond acceptors (Lipinski definition) is 3. The quantitative estimate of drug-likeness (QED) is 0.720. The summed E-state index contributed by atoms with van der Waals surface area (Å²) in [4.78, 5) is 11.8. The van der Waals surface area contributed by atoms with Crippen molar-refractivity contribution in [3.8, 4) is 5.75 Å². The van der Waals surface area contributed by atoms with Gasteiger partial charge in [0.2, 0.25) is 0 Å². The number of rotatable bonds is 2. The molecule has 1 amide bonds. The topological polar surface area (TPSA) is 61.4 Å². The third kappa shape index (κ3) is 2.74. The van der Waals surface area contributed by atoms with Crippen LogP contribution in [0.4, 0.5) is 4.39 Å². The summed E-state index contributed by atoms with van der Waals surface area (Å²) in [6, 6.07) is 3.82. The number of phenols is 1. The molecule has 1 saturated heterocycles. The van der Waals surface area contributed by atoms with Crippen molar-refractivity contribution in [2.75, 3.05) is 13.1 Å². The monoisotopic (exact) mass is 238 g/mol. The van der Waals surface area contributed by atoms with E-state index in [0.29, 0.717) is 6.54 Å². The molecule has 0 saturated carbocycles. The molecule has 0 aliphatic carbocycles. The minimum Gasteiger partial charge on any atom is -0.507 e. The fourth-order valence-electron chi connectivity index (χ4n) is 1.97. The molecule has 4 nitrogen and oxygen atoms in total. The first-order valence-corrected chi connectivity index (χ1v) is 5.67. The van der Waals surface area contributed by atoms with Crippen LogP contribution in [0.1, 0.15) is 23.2 Å². The number of nitrogens with one attached hydrogen (secondary N) is 2. The summed E-state index contributed by atoms with van der Waals surface area (Å²) < 4.78 is 13.4. The van der Waals surface area contributed by atoms with Crippen molar-refractivity contribution in [3.05, 3.63) is 29.6 Å². The molecular weight excluding hydrogens is 223 g/mol. The first-order chi connectivity index (χ1) is 8.18. The molecule has 1 atom stereocenters. The highest BCUT2D eigenvalue weighted by atomic mass is 19.1. The molecule has 17 heavy (non-hydrogen) atoms. The van der Waals surface area contributed by atoms with Crippen LogP contribution in [0.3, 0.4) is 0 Å². The zero-order valence-electron chi connectivity index (χ0n) is 9.37. The van der Waals surface area contributed by atoms with E-state index in [1.54, 1.807) is 0 Å². The van der Waals surface area contributed by atoms with E-state index in [-0.39, 0.29) is 17.4 Å². The van der Waals surface area contributed by atoms with Crippen LogP contribution in [-0.4, -0.2) is 30.1 Å². The molecule has 0 aromatic heterocycles. The van der Waals surface area contributed by atoms with Crippen LogP contribution in [0.25, 0.3) is 0 Å². The van der Waals surface area contributed by atoms with Gasteiger partial charge in [-0.2, -0.15) is 0 Å². The lowest BCUT2D eigenvalue weighted by Crippen LogP contribution is -2.45. The number of benzene rings is 1. The largest absolute Gasteiger partial charge is 0.507 e. The Kier molecular flexibility index (Phi) is 3.58. The van der Waals surface area contributed by atoms with Gasteiger partial charge in [0.15, 0.2) is 0 Å². The van der Waals surface area contributed by atoms with Gasteiger partial charge in [-0.1, -0.05) is 6.07 Å². The van der Waals surface area contributed by atoms with Gasteiger partial charge in [-0.15, -0.1) is 0 Å². The Bertz CT molecular complexity index is 397. The minimum atomic E-state index is -0.703. The first kappa shape index (κ1) is 11.9. The Labute approximate surface area is 98.8 Å². The van der Waals surface area contributed by atoms with Crippen molar-refractivity contribution in [2.45, 2.75) is 18.9 Å². The fourth-order valence-corrected chi connectivity index (χ4v) is 1.97. The fraction of sp³-hybridized carbons (Fsp3) is 0.417. The van der Waals surface area contributed by atoms with E-state index >= 15 is 0 Å². The number of hydrogen-bond donors (Lipinski definition) is 3. The van der Waals surface area contributed by atoms with Gasteiger partial charge in [-0.3, -0.25) is 4.79 Å². The normalized spacial score (nSPS) is 19.9. The summed E-state index contributed by atoms with van der Waals surface area (Å²) in [5, 5.41) is 15.3. The van der Waals surface area contributed by atoms with Crippen molar-refractivity contribution in [1.82, 2.24) is 10.6 Å². The van der Waals surface area contributed by atoms with Crippen molar-refractivity contribution in [1.29, 1.82) is 0 Å². The van der Waals surface area contributed by atoms with E-state index in [0.717, 1.165) is 25.5 Å². The van der Waals surface area contributed by atoms with Crippen molar-refractivity contribution in [3.63, 3.8) is 0 Å². The number of piperidine rings is 1. The van der Waals surface area contributed by atoms with Gasteiger partial charge in [0.1, 0.15) is 17.1 Å². The lowest BCUT2D eigenvalue weighted by Gasteiger charge is -2.24. The predicted octanol–water partition coefficient (Wildman–Crippen LogP) is 1.01. The van der Waals surface area contributed by atoms with E-state index in [1.807, 2.05) is 0 Å². The molecule has 5 heteroatoms. The summed E-state index contributed by atoms with van der Waals surface area (Å²) in [6.07, 6.45) is 1.85. The highest BCUT2D eigenvalue weighted by Crippen LogP contribution is 2.19. The molecule has 1 heterocycles. The molecule has 0 bridgehead atoms. The lowest BCUT2D eigenvalue weighted by molar-refractivity contribution is 0.0923. The smallest absolute Gasteiger partial charge is 0.258 e. The number of phenolic OH excluding ortho intramolecular Hbond substituents is 1. The standard InChI is InChI=1S/C12H15FN2O2/c13-9-4-1-5-10(16)11(9)12(17)15-8-3-2-6-14-7-8/h1,4-5,8,14,16H,2-3,6-7H2,(H,15,17). The molecule has 2 rings (SSSR count). The second-order valence-electron chi connectivity index (χ2n) is 4.15. The van der Waals surface area contributed by atoms with Crippen LogP contribution >= 0.6 is 0 Å². The zero-order valence-corrected chi connectivity index (χ0v) is 9.37. The Hall–Kier alpha value is -1.62. The van der Waals surface area contributed by atoms with E-state index in [2.05, 4.69) is 10.6 Å². The third-order valence-electron chi connectivity index (χ3n) is 2.85. The van der Waals surface area contributed by atoms with Gasteiger partial charge < -0.3 is 15.7 Å². The Morgan fingerprint density at radius 1 is 1.53 bits per heavy atom. The highest BCUT2D eigenvalue weighted by Gasteiger charge is 2.20. The summed E-state index contributed by atoms with van der Waals surface area (Å²) >= 11 is 0. The van der Waals surface area contributed by atoms with Gasteiger partial charge >= 0.3 is 0 Å². The van der Waals surface area contributed by atoms with Crippen LogP contribution in [0.2, 0.25) is 0 Å². The zero-order chi connectivity index (χ0) is 12.3. The molecule has 0 radical (unpaired) electrons. The summed E-state index contributed by atoms with van der Waals surface area (Å²) in [6.45, 7) is 1.62. The first-order valence-electron chi connectivity index (χ1n) is 5.67. The van der Waals surface area contributed by atoms with Crippen molar-refractivity contribution in [2.24, 2.45) is 0 Å². The number of carbonyl (C=O) groups is 1.